The highest BCUT2D eigenvalue weighted by Crippen LogP contribution is 2.12. The van der Waals surface area contributed by atoms with Gasteiger partial charge in [0, 0.05) is 24.6 Å². The Bertz CT molecular complexity index is 878. The van der Waals surface area contributed by atoms with E-state index >= 15 is 0 Å². The third-order valence-corrected chi connectivity index (χ3v) is 4.51. The molecule has 0 saturated heterocycles. The van der Waals surface area contributed by atoms with E-state index in [2.05, 4.69) is 5.32 Å². The van der Waals surface area contributed by atoms with Gasteiger partial charge in [-0.1, -0.05) is 0 Å². The Morgan fingerprint density at radius 3 is 2.12 bits per heavy atom. The number of likely N-dealkylation sites (N-methyl/N-ethyl adjacent to an activating group) is 1. The first-order valence-electron chi connectivity index (χ1n) is 7.28. The van der Waals surface area contributed by atoms with Gasteiger partial charge in [0.25, 0.3) is 5.91 Å². The van der Waals surface area contributed by atoms with Gasteiger partial charge in [0.2, 0.25) is 5.91 Å². The zero-order chi connectivity index (χ0) is 18.6. The van der Waals surface area contributed by atoms with Crippen molar-refractivity contribution in [3.8, 4) is 0 Å². The van der Waals surface area contributed by atoms with Crippen molar-refractivity contribution in [2.24, 2.45) is 0 Å². The van der Waals surface area contributed by atoms with Crippen molar-refractivity contribution >= 4 is 27.3 Å². The molecule has 0 unspecified atom stereocenters. The SMILES string of the molecule is CN(CC(=O)Nc1ccc(F)cc1)C(=O)c1ccc(S(C)(=O)=O)cc1. The van der Waals surface area contributed by atoms with Crippen LogP contribution in [-0.2, 0) is 14.6 Å². The molecule has 1 N–H and O–H groups in total. The molecule has 0 atom stereocenters. The predicted molar refractivity (Wildman–Crippen MR) is 91.5 cm³/mol. The number of anilines is 1. The van der Waals surface area contributed by atoms with Gasteiger partial charge < -0.3 is 10.2 Å². The molecule has 0 aliphatic carbocycles. The van der Waals surface area contributed by atoms with Gasteiger partial charge in [-0.25, -0.2) is 12.8 Å². The summed E-state index contributed by atoms with van der Waals surface area (Å²) in [5.74, 6) is -1.27. The minimum Gasteiger partial charge on any atom is -0.332 e. The fourth-order valence-electron chi connectivity index (χ4n) is 2.09. The lowest BCUT2D eigenvalue weighted by Crippen LogP contribution is -2.34. The number of nitrogens with one attached hydrogen (secondary N) is 1. The first-order chi connectivity index (χ1) is 11.7. The summed E-state index contributed by atoms with van der Waals surface area (Å²) >= 11 is 0. The van der Waals surface area contributed by atoms with E-state index in [9.17, 15) is 22.4 Å². The van der Waals surface area contributed by atoms with Crippen LogP contribution in [0.25, 0.3) is 0 Å². The summed E-state index contributed by atoms with van der Waals surface area (Å²) in [5, 5.41) is 2.56. The van der Waals surface area contributed by atoms with E-state index in [1.807, 2.05) is 0 Å². The Hall–Kier alpha value is -2.74. The molecule has 0 aromatic heterocycles. The minimum absolute atomic E-state index is 0.112. The number of sulfone groups is 1. The number of carbonyl (C=O) groups excluding carboxylic acids is 2. The van der Waals surface area contributed by atoms with Crippen LogP contribution in [0.5, 0.6) is 0 Å². The smallest absolute Gasteiger partial charge is 0.254 e. The molecule has 25 heavy (non-hydrogen) atoms. The number of nitrogens with zero attached hydrogens (tertiary/aromatic N) is 1. The molecule has 0 radical (unpaired) electrons. The summed E-state index contributed by atoms with van der Waals surface area (Å²) < 4.78 is 35.7. The van der Waals surface area contributed by atoms with E-state index in [1.54, 1.807) is 0 Å². The van der Waals surface area contributed by atoms with Crippen LogP contribution in [0, 0.1) is 5.82 Å². The largest absolute Gasteiger partial charge is 0.332 e. The van der Waals surface area contributed by atoms with Crippen molar-refractivity contribution in [3.05, 3.63) is 59.9 Å². The summed E-state index contributed by atoms with van der Waals surface area (Å²) in [6, 6.07) is 10.7. The van der Waals surface area contributed by atoms with Crippen molar-refractivity contribution in [1.29, 1.82) is 0 Å². The number of rotatable bonds is 5. The van der Waals surface area contributed by atoms with Crippen molar-refractivity contribution in [2.75, 3.05) is 25.2 Å². The fraction of sp³-hybridized carbons (Fsp3) is 0.176. The summed E-state index contributed by atoms with van der Waals surface area (Å²) in [7, 11) is -1.88. The first-order valence-corrected chi connectivity index (χ1v) is 9.17. The molecule has 0 spiro atoms. The van der Waals surface area contributed by atoms with Gasteiger partial charge in [0.15, 0.2) is 9.84 Å². The lowest BCUT2D eigenvalue weighted by atomic mass is 10.2. The van der Waals surface area contributed by atoms with Crippen LogP contribution in [0.2, 0.25) is 0 Å². The highest BCUT2D eigenvalue weighted by molar-refractivity contribution is 7.90. The standard InChI is InChI=1S/C17H17FN2O4S/c1-20(11-16(21)19-14-7-5-13(18)6-8-14)17(22)12-3-9-15(10-4-12)25(2,23)24/h3-10H,11H2,1-2H3,(H,19,21). The van der Waals surface area contributed by atoms with Gasteiger partial charge in [-0.15, -0.1) is 0 Å². The van der Waals surface area contributed by atoms with Crippen LogP contribution in [0.1, 0.15) is 10.4 Å². The van der Waals surface area contributed by atoms with E-state index in [0.717, 1.165) is 6.26 Å². The van der Waals surface area contributed by atoms with Gasteiger partial charge in [-0.05, 0) is 48.5 Å². The maximum Gasteiger partial charge on any atom is 0.254 e. The van der Waals surface area contributed by atoms with Gasteiger partial charge in [0.05, 0.1) is 11.4 Å². The van der Waals surface area contributed by atoms with Crippen molar-refractivity contribution in [1.82, 2.24) is 4.90 Å². The van der Waals surface area contributed by atoms with E-state index in [1.165, 1.54) is 60.5 Å². The van der Waals surface area contributed by atoms with E-state index < -0.39 is 27.5 Å². The van der Waals surface area contributed by atoms with Gasteiger partial charge in [-0.3, -0.25) is 9.59 Å². The Morgan fingerprint density at radius 1 is 1.04 bits per heavy atom. The summed E-state index contributed by atoms with van der Waals surface area (Å²) in [4.78, 5) is 25.6. The molecule has 6 nitrogen and oxygen atoms in total. The van der Waals surface area contributed by atoms with Crippen LogP contribution < -0.4 is 5.32 Å². The van der Waals surface area contributed by atoms with Crippen LogP contribution >= 0.6 is 0 Å². The normalized spacial score (nSPS) is 11.0. The molecule has 0 bridgehead atoms. The van der Waals surface area contributed by atoms with Gasteiger partial charge in [0.1, 0.15) is 5.82 Å². The van der Waals surface area contributed by atoms with Crippen LogP contribution in [0.3, 0.4) is 0 Å². The van der Waals surface area contributed by atoms with E-state index in [-0.39, 0.29) is 17.0 Å². The van der Waals surface area contributed by atoms with Gasteiger partial charge in [-0.2, -0.15) is 0 Å². The molecule has 2 rings (SSSR count). The molecule has 0 fully saturated rings. The average Bonchev–Trinajstić information content (AvgIpc) is 2.55. The van der Waals surface area contributed by atoms with Crippen molar-refractivity contribution < 1.29 is 22.4 Å². The first kappa shape index (κ1) is 18.6. The topological polar surface area (TPSA) is 83.6 Å². The zero-order valence-corrected chi connectivity index (χ0v) is 14.5. The highest BCUT2D eigenvalue weighted by atomic mass is 32.2. The second kappa shape index (κ2) is 7.43. The monoisotopic (exact) mass is 364 g/mol. The number of hydrogen-bond donors (Lipinski definition) is 1. The van der Waals surface area contributed by atoms with Gasteiger partial charge >= 0.3 is 0 Å². The number of amides is 2. The molecule has 0 aliphatic heterocycles. The van der Waals surface area contributed by atoms with Crippen LogP contribution in [0.4, 0.5) is 10.1 Å². The highest BCUT2D eigenvalue weighted by Gasteiger charge is 2.16. The molecular weight excluding hydrogens is 347 g/mol. The minimum atomic E-state index is -3.34. The Balaban J connectivity index is 1.99. The van der Waals surface area contributed by atoms with Crippen molar-refractivity contribution in [3.63, 3.8) is 0 Å². The Labute approximate surface area is 145 Å². The zero-order valence-electron chi connectivity index (χ0n) is 13.7. The molecule has 8 heteroatoms. The maximum atomic E-state index is 12.8. The molecule has 2 aromatic rings. The van der Waals surface area contributed by atoms with Crippen LogP contribution in [0.15, 0.2) is 53.4 Å². The summed E-state index contributed by atoms with van der Waals surface area (Å²) in [6.45, 7) is -0.204. The molecule has 0 aliphatic rings. The van der Waals surface area contributed by atoms with E-state index in [0.29, 0.717) is 5.69 Å². The molecule has 0 heterocycles. The maximum absolute atomic E-state index is 12.8. The lowest BCUT2D eigenvalue weighted by Gasteiger charge is -2.17. The van der Waals surface area contributed by atoms with E-state index in [4.69, 9.17) is 0 Å². The second-order valence-electron chi connectivity index (χ2n) is 5.51. The Kier molecular flexibility index (Phi) is 5.53. The predicted octanol–water partition coefficient (Wildman–Crippen LogP) is 1.94. The third-order valence-electron chi connectivity index (χ3n) is 3.38. The van der Waals surface area contributed by atoms with Crippen molar-refractivity contribution in [2.45, 2.75) is 4.90 Å². The molecule has 0 saturated carbocycles. The molecule has 2 amide bonds. The molecule has 2 aromatic carbocycles. The second-order valence-corrected chi connectivity index (χ2v) is 7.53. The quantitative estimate of drug-likeness (QED) is 0.879. The number of benzene rings is 2. The summed E-state index contributed by atoms with van der Waals surface area (Å²) in [6.07, 6.45) is 1.08. The number of hydrogen-bond acceptors (Lipinski definition) is 4. The molecular formula is C17H17FN2O4S. The third kappa shape index (κ3) is 5.12. The average molecular weight is 364 g/mol. The molecule has 132 valence electrons. The van der Waals surface area contributed by atoms with Crippen LogP contribution in [-0.4, -0.2) is 45.0 Å². The Morgan fingerprint density at radius 2 is 1.60 bits per heavy atom. The summed E-state index contributed by atoms with van der Waals surface area (Å²) in [5.41, 5.74) is 0.689. The fourth-order valence-corrected chi connectivity index (χ4v) is 2.72. The number of carbonyl (C=O) groups is 2. The number of halogens is 1. The lowest BCUT2D eigenvalue weighted by molar-refractivity contribution is -0.116.